The smallest absolute Gasteiger partial charge is 0.433 e. The number of carbonyl (C=O) groups is 1. The summed E-state index contributed by atoms with van der Waals surface area (Å²) in [6, 6.07) is 6.91. The lowest BCUT2D eigenvalue weighted by Crippen LogP contribution is -2.08. The van der Waals surface area contributed by atoms with Crippen molar-refractivity contribution < 1.29 is 22.7 Å². The largest absolute Gasteiger partial charge is 0.469 e. The zero-order valence-electron chi connectivity index (χ0n) is 9.99. The van der Waals surface area contributed by atoms with E-state index >= 15 is 0 Å². The van der Waals surface area contributed by atoms with Crippen molar-refractivity contribution >= 4 is 16.9 Å². The average molecular weight is 269 g/mol. The second-order valence-corrected chi connectivity index (χ2v) is 3.97. The van der Waals surface area contributed by atoms with Crippen LogP contribution in [0, 0.1) is 0 Å². The number of rotatable bonds is 2. The predicted molar refractivity (Wildman–Crippen MR) is 62.5 cm³/mol. The summed E-state index contributed by atoms with van der Waals surface area (Å²) < 4.78 is 42.0. The van der Waals surface area contributed by atoms with Crippen LogP contribution in [0.25, 0.3) is 10.9 Å². The van der Waals surface area contributed by atoms with Crippen LogP contribution in [0.3, 0.4) is 0 Å². The van der Waals surface area contributed by atoms with Gasteiger partial charge in [0.1, 0.15) is 5.69 Å². The molecule has 0 aliphatic rings. The molecule has 6 heteroatoms. The Morgan fingerprint density at radius 1 is 1.26 bits per heavy atom. The number of carbonyl (C=O) groups excluding carboxylic acids is 1. The van der Waals surface area contributed by atoms with E-state index in [1.165, 1.54) is 19.2 Å². The maximum absolute atomic E-state index is 12.5. The minimum absolute atomic E-state index is 0.0768. The topological polar surface area (TPSA) is 39.2 Å². The van der Waals surface area contributed by atoms with Crippen LogP contribution in [-0.4, -0.2) is 18.1 Å². The van der Waals surface area contributed by atoms with E-state index in [0.29, 0.717) is 10.9 Å². The number of esters is 1. The number of ether oxygens (including phenoxy) is 1. The molecule has 0 saturated carbocycles. The van der Waals surface area contributed by atoms with E-state index in [2.05, 4.69) is 9.72 Å². The highest BCUT2D eigenvalue weighted by atomic mass is 19.4. The van der Waals surface area contributed by atoms with Crippen LogP contribution in [0.1, 0.15) is 11.3 Å². The van der Waals surface area contributed by atoms with Gasteiger partial charge in [-0.2, -0.15) is 13.2 Å². The lowest BCUT2D eigenvalue weighted by atomic mass is 10.1. The van der Waals surface area contributed by atoms with Crippen molar-refractivity contribution in [2.75, 3.05) is 7.11 Å². The number of hydrogen-bond donors (Lipinski definition) is 0. The van der Waals surface area contributed by atoms with Gasteiger partial charge in [-0.25, -0.2) is 4.98 Å². The van der Waals surface area contributed by atoms with E-state index in [-0.39, 0.29) is 11.9 Å². The number of methoxy groups -OCH3 is 1. The second-order valence-electron chi connectivity index (χ2n) is 3.97. The summed E-state index contributed by atoms with van der Waals surface area (Å²) in [6.07, 6.45) is -4.38. The van der Waals surface area contributed by atoms with Gasteiger partial charge in [0.2, 0.25) is 0 Å². The van der Waals surface area contributed by atoms with Crippen molar-refractivity contribution in [3.05, 3.63) is 41.6 Å². The molecule has 0 spiro atoms. The Labute approximate surface area is 107 Å². The third kappa shape index (κ3) is 3.01. The predicted octanol–water partition coefficient (Wildman–Crippen LogP) is 2.97. The van der Waals surface area contributed by atoms with E-state index in [9.17, 15) is 18.0 Å². The van der Waals surface area contributed by atoms with Gasteiger partial charge in [-0.15, -0.1) is 0 Å². The van der Waals surface area contributed by atoms with Gasteiger partial charge in [0, 0.05) is 5.39 Å². The highest BCUT2D eigenvalue weighted by Gasteiger charge is 2.32. The Morgan fingerprint density at radius 3 is 2.63 bits per heavy atom. The quantitative estimate of drug-likeness (QED) is 0.787. The zero-order chi connectivity index (χ0) is 14.0. The number of alkyl halides is 3. The molecule has 0 atom stereocenters. The summed E-state index contributed by atoms with van der Waals surface area (Å²) in [4.78, 5) is 14.7. The first kappa shape index (κ1) is 13.3. The third-order valence-electron chi connectivity index (χ3n) is 2.62. The van der Waals surface area contributed by atoms with Crippen molar-refractivity contribution in [2.24, 2.45) is 0 Å². The maximum Gasteiger partial charge on any atom is 0.433 e. The summed E-state index contributed by atoms with van der Waals surface area (Å²) >= 11 is 0. The van der Waals surface area contributed by atoms with Gasteiger partial charge in [0.05, 0.1) is 19.0 Å². The Balaban J connectivity index is 2.38. The molecule has 1 heterocycles. The van der Waals surface area contributed by atoms with Crippen molar-refractivity contribution in [1.29, 1.82) is 0 Å². The van der Waals surface area contributed by atoms with Crippen LogP contribution in [-0.2, 0) is 22.1 Å². The number of benzene rings is 1. The van der Waals surface area contributed by atoms with Crippen LogP contribution in [0.2, 0.25) is 0 Å². The summed E-state index contributed by atoms with van der Waals surface area (Å²) in [5, 5.41) is 0.550. The van der Waals surface area contributed by atoms with Gasteiger partial charge in [0.25, 0.3) is 0 Å². The molecule has 0 bridgehead atoms. The van der Waals surface area contributed by atoms with E-state index in [1.54, 1.807) is 12.1 Å². The lowest BCUT2D eigenvalue weighted by molar-refractivity contribution is -0.141. The van der Waals surface area contributed by atoms with E-state index in [4.69, 9.17) is 0 Å². The number of nitrogens with zero attached hydrogens (tertiary/aromatic N) is 1. The van der Waals surface area contributed by atoms with E-state index in [1.807, 2.05) is 0 Å². The van der Waals surface area contributed by atoms with Gasteiger partial charge >= 0.3 is 12.1 Å². The Morgan fingerprint density at radius 2 is 2.00 bits per heavy atom. The fourth-order valence-corrected chi connectivity index (χ4v) is 1.68. The fraction of sp³-hybridized carbons (Fsp3) is 0.231. The van der Waals surface area contributed by atoms with E-state index < -0.39 is 17.8 Å². The lowest BCUT2D eigenvalue weighted by Gasteiger charge is -2.07. The van der Waals surface area contributed by atoms with Crippen molar-refractivity contribution in [3.8, 4) is 0 Å². The van der Waals surface area contributed by atoms with Gasteiger partial charge in [-0.3, -0.25) is 4.79 Å². The zero-order valence-corrected chi connectivity index (χ0v) is 9.99. The average Bonchev–Trinajstić information content (AvgIpc) is 2.36. The molecule has 100 valence electrons. The number of aromatic nitrogens is 1. The summed E-state index contributed by atoms with van der Waals surface area (Å²) in [6.45, 7) is 0. The first-order valence-corrected chi connectivity index (χ1v) is 5.44. The normalized spacial score (nSPS) is 11.6. The Kier molecular flexibility index (Phi) is 3.42. The standard InChI is InChI=1S/C13H10F3NO2/c1-19-12(18)7-8-2-4-10-9(6-8)3-5-11(17-10)13(14,15)16/h2-6H,7H2,1H3. The Hall–Kier alpha value is -2.11. The number of pyridine rings is 1. The molecule has 0 saturated heterocycles. The van der Waals surface area contributed by atoms with Crippen LogP contribution >= 0.6 is 0 Å². The molecule has 0 radical (unpaired) electrons. The molecule has 2 rings (SSSR count). The number of hydrogen-bond acceptors (Lipinski definition) is 3. The van der Waals surface area contributed by atoms with Gasteiger partial charge in [0.15, 0.2) is 0 Å². The van der Waals surface area contributed by atoms with Crippen molar-refractivity contribution in [1.82, 2.24) is 4.98 Å². The molecule has 1 aromatic carbocycles. The minimum atomic E-state index is -4.46. The summed E-state index contributed by atoms with van der Waals surface area (Å²) in [5.74, 6) is -0.403. The van der Waals surface area contributed by atoms with Crippen LogP contribution < -0.4 is 0 Å². The van der Waals surface area contributed by atoms with Gasteiger partial charge in [-0.05, 0) is 23.8 Å². The molecule has 0 unspecified atom stereocenters. The molecule has 3 nitrogen and oxygen atoms in total. The van der Waals surface area contributed by atoms with Gasteiger partial charge in [-0.1, -0.05) is 12.1 Å². The third-order valence-corrected chi connectivity index (χ3v) is 2.62. The summed E-state index contributed by atoms with van der Waals surface area (Å²) in [5.41, 5.74) is -0.0231. The Bertz CT molecular complexity index is 623. The number of halogens is 3. The molecule has 19 heavy (non-hydrogen) atoms. The summed E-state index contributed by atoms with van der Waals surface area (Å²) in [7, 11) is 1.28. The maximum atomic E-state index is 12.5. The van der Waals surface area contributed by atoms with Crippen LogP contribution in [0.15, 0.2) is 30.3 Å². The van der Waals surface area contributed by atoms with E-state index in [0.717, 1.165) is 6.07 Å². The highest BCUT2D eigenvalue weighted by Crippen LogP contribution is 2.29. The van der Waals surface area contributed by atoms with Crippen LogP contribution in [0.4, 0.5) is 13.2 Å². The first-order chi connectivity index (χ1) is 8.90. The molecular weight excluding hydrogens is 259 g/mol. The molecule has 0 amide bonds. The second kappa shape index (κ2) is 4.87. The molecule has 1 aromatic heterocycles. The SMILES string of the molecule is COC(=O)Cc1ccc2nc(C(F)(F)F)ccc2c1. The minimum Gasteiger partial charge on any atom is -0.469 e. The molecule has 2 aromatic rings. The van der Waals surface area contributed by atoms with Gasteiger partial charge < -0.3 is 4.74 Å². The highest BCUT2D eigenvalue weighted by molar-refractivity contribution is 5.81. The first-order valence-electron chi connectivity index (χ1n) is 5.44. The molecule has 0 N–H and O–H groups in total. The molecular formula is C13H10F3NO2. The molecule has 0 aliphatic carbocycles. The fourth-order valence-electron chi connectivity index (χ4n) is 1.68. The van der Waals surface area contributed by atoms with Crippen LogP contribution in [0.5, 0.6) is 0 Å². The molecule has 0 fully saturated rings. The number of fused-ring (bicyclic) bond motifs is 1. The monoisotopic (exact) mass is 269 g/mol. The molecule has 0 aliphatic heterocycles. The van der Waals surface area contributed by atoms with Crippen molar-refractivity contribution in [3.63, 3.8) is 0 Å². The van der Waals surface area contributed by atoms with Crippen molar-refractivity contribution in [2.45, 2.75) is 12.6 Å².